The average Bonchev–Trinajstić information content (AvgIpc) is 2.44. The van der Waals surface area contributed by atoms with Gasteiger partial charge < -0.3 is 5.73 Å². The first-order valence-electron chi connectivity index (χ1n) is 7.93. The first-order chi connectivity index (χ1) is 11.1. The number of anilines is 1. The van der Waals surface area contributed by atoms with E-state index in [1.807, 2.05) is 0 Å². The number of rotatable bonds is 1. The van der Waals surface area contributed by atoms with Gasteiger partial charge in [-0.2, -0.15) is 0 Å². The van der Waals surface area contributed by atoms with Crippen LogP contribution in [-0.2, 0) is 9.59 Å². The minimum absolute atomic E-state index is 0.0694. The van der Waals surface area contributed by atoms with Crippen LogP contribution in [0.2, 0.25) is 0 Å². The van der Waals surface area contributed by atoms with Crippen molar-refractivity contribution in [3.63, 3.8) is 0 Å². The number of carbonyl (C=O) groups excluding carboxylic acids is 2. The van der Waals surface area contributed by atoms with E-state index < -0.39 is 42.4 Å². The van der Waals surface area contributed by atoms with E-state index in [1.54, 1.807) is 12.1 Å². The number of benzene rings is 1. The van der Waals surface area contributed by atoms with Gasteiger partial charge in [0, 0.05) is 14.8 Å². The molecule has 21 heavy (non-hydrogen) atoms. The van der Waals surface area contributed by atoms with Crippen molar-refractivity contribution in [2.75, 3.05) is 5.73 Å². The molecule has 0 saturated heterocycles. The Hall–Kier alpha value is -2.50. The van der Waals surface area contributed by atoms with Gasteiger partial charge in [-0.1, -0.05) is 6.07 Å². The van der Waals surface area contributed by atoms with E-state index in [0.29, 0.717) is 5.52 Å². The van der Waals surface area contributed by atoms with Crippen molar-refractivity contribution < 1.29 is 13.7 Å². The Kier molecular flexibility index (Phi) is 2.35. The maximum absolute atomic E-state index is 12.9. The number of ketones is 2. The van der Waals surface area contributed by atoms with Crippen molar-refractivity contribution in [1.82, 2.24) is 9.55 Å². The van der Waals surface area contributed by atoms with Crippen molar-refractivity contribution in [3.8, 4) is 0 Å². The number of nitrogen functional groups attached to an aromatic ring is 1. The van der Waals surface area contributed by atoms with E-state index >= 15 is 0 Å². The van der Waals surface area contributed by atoms with Gasteiger partial charge in [-0.15, -0.1) is 0 Å². The van der Waals surface area contributed by atoms with Gasteiger partial charge in [0.2, 0.25) is 0 Å². The van der Waals surface area contributed by atoms with Gasteiger partial charge in [0.05, 0.1) is 24.7 Å². The summed E-state index contributed by atoms with van der Waals surface area (Å²) in [5.41, 5.74) is 5.63. The fourth-order valence-electron chi connectivity index (χ4n) is 2.48. The molecule has 108 valence electrons. The van der Waals surface area contributed by atoms with E-state index in [4.69, 9.17) is 9.85 Å². The van der Waals surface area contributed by atoms with Crippen molar-refractivity contribution in [2.24, 2.45) is 0 Å². The minimum Gasteiger partial charge on any atom is -0.398 e. The number of hydrogen-bond acceptors (Lipinski definition) is 5. The average molecular weight is 288 g/mol. The smallest absolute Gasteiger partial charge is 0.264 e. The molecule has 0 amide bonds. The van der Waals surface area contributed by atoms with E-state index in [1.165, 1.54) is 13.0 Å². The van der Waals surface area contributed by atoms with Crippen LogP contribution in [0.5, 0.6) is 0 Å². The molecule has 2 aromatic rings. The zero-order valence-electron chi connectivity index (χ0n) is 14.3. The zero-order chi connectivity index (χ0) is 17.9. The molecule has 1 aliphatic carbocycles. The summed E-state index contributed by atoms with van der Waals surface area (Å²) in [7, 11) is 0. The van der Waals surface area contributed by atoms with Gasteiger partial charge >= 0.3 is 0 Å². The second-order valence-electron chi connectivity index (χ2n) is 4.86. The molecule has 1 aliphatic rings. The molecule has 6 nitrogen and oxygen atoms in total. The molecule has 0 bridgehead atoms. The van der Waals surface area contributed by atoms with Gasteiger partial charge in [0.15, 0.2) is 5.78 Å². The molecule has 1 aromatic heterocycles. The molecule has 1 heterocycles. The Labute approximate surface area is 124 Å². The lowest BCUT2D eigenvalue weighted by Gasteiger charge is -2.24. The Balaban J connectivity index is 2.33. The number of nitrogens with two attached hydrogens (primary N) is 1. The Morgan fingerprint density at radius 2 is 2.19 bits per heavy atom. The first-order valence-corrected chi connectivity index (χ1v) is 6.43. The molecular weight excluding hydrogens is 270 g/mol. The van der Waals surface area contributed by atoms with Gasteiger partial charge in [0.1, 0.15) is 11.6 Å². The number of aromatic nitrogens is 2. The summed E-state index contributed by atoms with van der Waals surface area (Å²) < 4.78 is 24.8. The molecule has 0 spiro atoms. The van der Waals surface area contributed by atoms with Crippen LogP contribution in [0.3, 0.4) is 0 Å². The van der Waals surface area contributed by atoms with E-state index in [0.717, 1.165) is 4.57 Å². The Morgan fingerprint density at radius 1 is 1.43 bits per heavy atom. The van der Waals surface area contributed by atoms with Crippen LogP contribution in [0.25, 0.3) is 10.9 Å². The fourth-order valence-corrected chi connectivity index (χ4v) is 2.48. The van der Waals surface area contributed by atoms with E-state index in [2.05, 4.69) is 4.98 Å². The predicted molar refractivity (Wildman–Crippen MR) is 78.1 cm³/mol. The zero-order valence-corrected chi connectivity index (χ0v) is 11.3. The van der Waals surface area contributed by atoms with Gasteiger partial charge in [-0.25, -0.2) is 4.98 Å². The molecule has 0 aliphatic heterocycles. The van der Waals surface area contributed by atoms with Crippen LogP contribution in [0, 0.1) is 6.92 Å². The van der Waals surface area contributed by atoms with Gasteiger partial charge in [0.25, 0.3) is 5.56 Å². The summed E-state index contributed by atoms with van der Waals surface area (Å²) in [6.45, 7) is 1.46. The third-order valence-electron chi connectivity index (χ3n) is 3.46. The summed E-state index contributed by atoms with van der Waals surface area (Å²) >= 11 is 0. The molecule has 1 saturated carbocycles. The molecule has 1 atom stereocenters. The van der Waals surface area contributed by atoms with E-state index in [9.17, 15) is 14.4 Å². The van der Waals surface area contributed by atoms with Gasteiger partial charge in [-0.05, 0) is 25.5 Å². The van der Waals surface area contributed by atoms with Crippen LogP contribution in [0.1, 0.15) is 35.2 Å². The third kappa shape index (κ3) is 2.12. The lowest BCUT2D eigenvalue weighted by molar-refractivity contribution is -0.132. The number of carbonyl (C=O) groups is 2. The topological polar surface area (TPSA) is 95.1 Å². The summed E-state index contributed by atoms with van der Waals surface area (Å²) in [6, 6.07) is 2.50. The normalized spacial score (nSPS) is 27.2. The molecule has 0 unspecified atom stereocenters. The SMILES string of the molecule is [2H]C1([2H])C[C@]([2H])(n2c(C)nc3cccc(N)c3c2=O)C(=O)CC1=O. The maximum Gasteiger partial charge on any atom is 0.264 e. The van der Waals surface area contributed by atoms with Crippen LogP contribution in [0.4, 0.5) is 5.69 Å². The van der Waals surface area contributed by atoms with Crippen molar-refractivity contribution >= 4 is 28.2 Å². The minimum atomic E-state index is -2.36. The van der Waals surface area contributed by atoms with Crippen LogP contribution < -0.4 is 11.3 Å². The number of nitrogens with zero attached hydrogens (tertiary/aromatic N) is 2. The largest absolute Gasteiger partial charge is 0.398 e. The first kappa shape index (κ1) is 10.3. The maximum atomic E-state index is 12.9. The lowest BCUT2D eigenvalue weighted by atomic mass is 9.92. The van der Waals surface area contributed by atoms with Crippen LogP contribution in [-0.4, -0.2) is 21.1 Å². The highest BCUT2D eigenvalue weighted by Crippen LogP contribution is 2.24. The molecule has 3 rings (SSSR count). The molecule has 1 fully saturated rings. The molecule has 1 aromatic carbocycles. The van der Waals surface area contributed by atoms with Crippen molar-refractivity contribution in [3.05, 3.63) is 34.4 Å². The lowest BCUT2D eigenvalue weighted by Crippen LogP contribution is -2.36. The number of aryl methyl sites for hydroxylation is 1. The second kappa shape index (κ2) is 4.80. The second-order valence-corrected chi connectivity index (χ2v) is 4.86. The van der Waals surface area contributed by atoms with E-state index in [-0.39, 0.29) is 16.9 Å². The molecule has 6 heteroatoms. The Morgan fingerprint density at radius 3 is 2.95 bits per heavy atom. The Bertz CT molecular complexity index is 954. The fraction of sp³-hybridized carbons (Fsp3) is 0.333. The highest BCUT2D eigenvalue weighted by molar-refractivity contribution is 6.03. The molecular formula is C15H15N3O3. The van der Waals surface area contributed by atoms with Crippen LogP contribution >= 0.6 is 0 Å². The van der Waals surface area contributed by atoms with Crippen molar-refractivity contribution in [2.45, 2.75) is 32.2 Å². The quantitative estimate of drug-likeness (QED) is 0.627. The van der Waals surface area contributed by atoms with Crippen molar-refractivity contribution in [1.29, 1.82) is 0 Å². The third-order valence-corrected chi connectivity index (χ3v) is 3.46. The summed E-state index contributed by atoms with van der Waals surface area (Å²) in [5, 5.41) is 0.0694. The summed E-state index contributed by atoms with van der Waals surface area (Å²) in [5.74, 6) is -1.62. The molecule has 2 N–H and O–H groups in total. The number of fused-ring (bicyclic) bond motifs is 1. The highest BCUT2D eigenvalue weighted by atomic mass is 16.2. The predicted octanol–water partition coefficient (Wildman–Crippen LogP) is 1.15. The van der Waals surface area contributed by atoms with Gasteiger partial charge in [-0.3, -0.25) is 19.0 Å². The number of Topliss-reactive ketones (excluding diaryl/α,β-unsaturated/α-hetero) is 2. The highest BCUT2D eigenvalue weighted by Gasteiger charge is 2.30. The van der Waals surface area contributed by atoms with Crippen LogP contribution in [0.15, 0.2) is 23.0 Å². The summed E-state index contributed by atoms with van der Waals surface area (Å²) in [6.07, 6.45) is -3.83. The monoisotopic (exact) mass is 288 g/mol. The number of hydrogen-bond donors (Lipinski definition) is 1. The summed E-state index contributed by atoms with van der Waals surface area (Å²) in [4.78, 5) is 41.1. The molecule has 0 radical (unpaired) electrons. The standard InChI is InChI=1S/C15H15N3O3/c1-8-17-11-4-2-3-10(16)14(11)15(21)18(8)12-6-5-9(19)7-13(12)20/h2-4,12H,5-7,16H2,1H3/t12-/m0/s1/i5D2,12D.